The molecule has 1 heterocycles. The van der Waals surface area contributed by atoms with Gasteiger partial charge >= 0.3 is 0 Å². The second-order valence-corrected chi connectivity index (χ2v) is 5.64. The lowest BCUT2D eigenvalue weighted by Gasteiger charge is -2.02. The van der Waals surface area contributed by atoms with E-state index in [9.17, 15) is 13.2 Å². The van der Waals surface area contributed by atoms with Crippen molar-refractivity contribution in [1.29, 1.82) is 0 Å². The monoisotopic (exact) mass is 230 g/mol. The molecular weight excluding hydrogens is 216 g/mol. The normalized spacial score (nSPS) is 11.3. The first-order valence-corrected chi connectivity index (χ1v) is 6.59. The summed E-state index contributed by atoms with van der Waals surface area (Å²) in [5.74, 6) is -0.354. The smallest absolute Gasteiger partial charge is 0.221 e. The fourth-order valence-electron chi connectivity index (χ4n) is 1.04. The van der Waals surface area contributed by atoms with E-state index >= 15 is 0 Å². The van der Waals surface area contributed by atoms with Crippen LogP contribution in [0.25, 0.3) is 0 Å². The Morgan fingerprint density at radius 2 is 2.27 bits per heavy atom. The minimum atomic E-state index is -3.06. The van der Waals surface area contributed by atoms with Crippen LogP contribution in [0, 0.1) is 0 Å². The Labute approximate surface area is 88.8 Å². The van der Waals surface area contributed by atoms with Gasteiger partial charge in [-0.2, -0.15) is 0 Å². The Morgan fingerprint density at radius 3 is 2.80 bits per heavy atom. The number of hydrogen-bond acceptors (Lipinski definition) is 3. The first kappa shape index (κ1) is 11.8. The highest BCUT2D eigenvalue weighted by Crippen LogP contribution is 1.96. The van der Waals surface area contributed by atoms with Gasteiger partial charge in [-0.15, -0.1) is 0 Å². The molecule has 0 radical (unpaired) electrons. The molecule has 0 unspecified atom stereocenters. The summed E-state index contributed by atoms with van der Waals surface area (Å²) in [5, 5.41) is 2.63. The summed E-state index contributed by atoms with van der Waals surface area (Å²) in [6.45, 7) is 0.423. The SMILES string of the molecule is CS(=O)(=O)CCC(=O)NCc1cc[nH]c1. The summed E-state index contributed by atoms with van der Waals surface area (Å²) >= 11 is 0. The predicted octanol–water partition coefficient (Wildman–Crippen LogP) is 0.0656. The molecule has 0 aliphatic rings. The van der Waals surface area contributed by atoms with E-state index in [1.54, 1.807) is 12.4 Å². The summed E-state index contributed by atoms with van der Waals surface area (Å²) in [4.78, 5) is 14.1. The fraction of sp³-hybridized carbons (Fsp3) is 0.444. The molecule has 0 aliphatic carbocycles. The van der Waals surface area contributed by atoms with Gasteiger partial charge in [0, 0.05) is 31.6 Å². The van der Waals surface area contributed by atoms with Crippen molar-refractivity contribution >= 4 is 15.7 Å². The van der Waals surface area contributed by atoms with Crippen LogP contribution in [0.2, 0.25) is 0 Å². The molecule has 0 saturated carbocycles. The lowest BCUT2D eigenvalue weighted by atomic mass is 10.3. The highest BCUT2D eigenvalue weighted by Gasteiger charge is 2.07. The number of amides is 1. The van der Waals surface area contributed by atoms with Crippen molar-refractivity contribution in [2.45, 2.75) is 13.0 Å². The van der Waals surface area contributed by atoms with Crippen molar-refractivity contribution in [3.8, 4) is 0 Å². The molecule has 0 saturated heterocycles. The molecule has 15 heavy (non-hydrogen) atoms. The molecule has 0 aromatic carbocycles. The Bertz CT molecular complexity index is 409. The van der Waals surface area contributed by atoms with Gasteiger partial charge in [-0.3, -0.25) is 4.79 Å². The first-order valence-electron chi connectivity index (χ1n) is 4.53. The van der Waals surface area contributed by atoms with Gasteiger partial charge in [-0.05, 0) is 11.6 Å². The quantitative estimate of drug-likeness (QED) is 0.751. The van der Waals surface area contributed by atoms with E-state index in [4.69, 9.17) is 0 Å². The number of aromatic nitrogens is 1. The van der Waals surface area contributed by atoms with Crippen LogP contribution >= 0.6 is 0 Å². The van der Waals surface area contributed by atoms with E-state index in [2.05, 4.69) is 10.3 Å². The number of aromatic amines is 1. The maximum atomic E-state index is 11.2. The maximum Gasteiger partial charge on any atom is 0.221 e. The zero-order valence-corrected chi connectivity index (χ0v) is 9.30. The third-order valence-corrected chi connectivity index (χ3v) is 2.80. The van der Waals surface area contributed by atoms with Crippen LogP contribution in [-0.4, -0.2) is 31.3 Å². The van der Waals surface area contributed by atoms with Gasteiger partial charge in [0.2, 0.25) is 5.91 Å². The van der Waals surface area contributed by atoms with Crippen LogP contribution in [0.5, 0.6) is 0 Å². The van der Waals surface area contributed by atoms with Gasteiger partial charge < -0.3 is 10.3 Å². The van der Waals surface area contributed by atoms with Gasteiger partial charge in [-0.1, -0.05) is 0 Å². The van der Waals surface area contributed by atoms with Crippen molar-refractivity contribution in [3.05, 3.63) is 24.0 Å². The second-order valence-electron chi connectivity index (χ2n) is 3.38. The lowest BCUT2D eigenvalue weighted by molar-refractivity contribution is -0.120. The molecule has 0 bridgehead atoms. The van der Waals surface area contributed by atoms with E-state index in [1.807, 2.05) is 6.07 Å². The lowest BCUT2D eigenvalue weighted by Crippen LogP contribution is -2.24. The van der Waals surface area contributed by atoms with Crippen molar-refractivity contribution in [1.82, 2.24) is 10.3 Å². The van der Waals surface area contributed by atoms with Crippen LogP contribution in [0.1, 0.15) is 12.0 Å². The van der Waals surface area contributed by atoms with Crippen LogP contribution in [-0.2, 0) is 21.2 Å². The molecule has 2 N–H and O–H groups in total. The number of H-pyrrole nitrogens is 1. The van der Waals surface area contributed by atoms with Crippen LogP contribution < -0.4 is 5.32 Å². The molecule has 1 rings (SSSR count). The van der Waals surface area contributed by atoms with Crippen molar-refractivity contribution in [2.24, 2.45) is 0 Å². The Morgan fingerprint density at radius 1 is 1.53 bits per heavy atom. The standard InChI is InChI=1S/C9H14N2O3S/c1-15(13,14)5-3-9(12)11-7-8-2-4-10-6-8/h2,4,6,10H,3,5,7H2,1H3,(H,11,12). The molecule has 0 aliphatic heterocycles. The summed E-state index contributed by atoms with van der Waals surface area (Å²) in [6.07, 6.45) is 4.67. The minimum absolute atomic E-state index is 0.0171. The van der Waals surface area contributed by atoms with Crippen molar-refractivity contribution in [3.63, 3.8) is 0 Å². The van der Waals surface area contributed by atoms with Gasteiger partial charge in [-0.25, -0.2) is 8.42 Å². The van der Waals surface area contributed by atoms with E-state index in [-0.39, 0.29) is 18.1 Å². The summed E-state index contributed by atoms with van der Waals surface area (Å²) in [5.41, 5.74) is 0.961. The van der Waals surface area contributed by atoms with Crippen LogP contribution in [0.15, 0.2) is 18.5 Å². The second kappa shape index (κ2) is 4.97. The third kappa shape index (κ3) is 5.21. The largest absolute Gasteiger partial charge is 0.367 e. The molecule has 5 nitrogen and oxygen atoms in total. The first-order chi connectivity index (χ1) is 6.97. The van der Waals surface area contributed by atoms with Crippen molar-refractivity contribution < 1.29 is 13.2 Å². The number of hydrogen-bond donors (Lipinski definition) is 2. The molecule has 0 fully saturated rings. The zero-order valence-electron chi connectivity index (χ0n) is 8.49. The predicted molar refractivity (Wildman–Crippen MR) is 57.0 cm³/mol. The number of nitrogens with one attached hydrogen (secondary N) is 2. The number of sulfone groups is 1. The highest BCUT2D eigenvalue weighted by atomic mass is 32.2. The molecule has 1 amide bonds. The van der Waals surface area contributed by atoms with Crippen LogP contribution in [0.3, 0.4) is 0 Å². The zero-order chi connectivity index (χ0) is 11.3. The Kier molecular flexibility index (Phi) is 3.90. The van der Waals surface area contributed by atoms with Gasteiger partial charge in [0.25, 0.3) is 0 Å². The van der Waals surface area contributed by atoms with Gasteiger partial charge in [0.15, 0.2) is 0 Å². The Balaban J connectivity index is 2.25. The average molecular weight is 230 g/mol. The molecular formula is C9H14N2O3S. The van der Waals surface area contributed by atoms with E-state index in [0.29, 0.717) is 6.54 Å². The maximum absolute atomic E-state index is 11.2. The average Bonchev–Trinajstić information content (AvgIpc) is 2.62. The van der Waals surface area contributed by atoms with E-state index in [1.165, 1.54) is 0 Å². The topological polar surface area (TPSA) is 79.0 Å². The molecule has 1 aromatic heterocycles. The molecule has 0 atom stereocenters. The highest BCUT2D eigenvalue weighted by molar-refractivity contribution is 7.90. The molecule has 1 aromatic rings. The molecule has 6 heteroatoms. The van der Waals surface area contributed by atoms with E-state index < -0.39 is 9.84 Å². The molecule has 0 spiro atoms. The van der Waals surface area contributed by atoms with E-state index in [0.717, 1.165) is 11.8 Å². The molecule has 84 valence electrons. The number of carbonyl (C=O) groups is 1. The minimum Gasteiger partial charge on any atom is -0.367 e. The summed E-state index contributed by atoms with van der Waals surface area (Å²) < 4.78 is 21.6. The van der Waals surface area contributed by atoms with Gasteiger partial charge in [0.1, 0.15) is 9.84 Å². The summed E-state index contributed by atoms with van der Waals surface area (Å²) in [7, 11) is -3.06. The fourth-order valence-corrected chi connectivity index (χ4v) is 1.59. The third-order valence-electron chi connectivity index (χ3n) is 1.85. The Hall–Kier alpha value is -1.30. The number of carbonyl (C=O) groups excluding carboxylic acids is 1. The van der Waals surface area contributed by atoms with Crippen LogP contribution in [0.4, 0.5) is 0 Å². The number of rotatable bonds is 5. The van der Waals surface area contributed by atoms with Crippen molar-refractivity contribution in [2.75, 3.05) is 12.0 Å². The summed E-state index contributed by atoms with van der Waals surface area (Å²) in [6, 6.07) is 1.84. The van der Waals surface area contributed by atoms with Gasteiger partial charge in [0.05, 0.1) is 5.75 Å².